The standard InChI is InChI=1S/C22H27NO.C2H4O.2C2H6/c1-2-7-18-10-12-19(13-11-18)8-5-3-4-6-9-22(24)20-14-16-21(23)17-15-20;1-2-3;2*1-2/h6,9-17H,2-5,7-8,23H2,1H3;2H,1H3;2*1-2H3/b9-6+;;;. The lowest BCUT2D eigenvalue weighted by Gasteiger charge is -2.03. The summed E-state index contributed by atoms with van der Waals surface area (Å²) in [5.41, 5.74) is 9.81. The van der Waals surface area contributed by atoms with E-state index in [2.05, 4.69) is 31.2 Å². The lowest BCUT2D eigenvalue weighted by atomic mass is 10.0. The normalized spacial score (nSPS) is 9.35. The number of unbranched alkanes of at least 4 members (excludes halogenated alkanes) is 2. The van der Waals surface area contributed by atoms with Crippen molar-refractivity contribution in [1.82, 2.24) is 0 Å². The SMILES string of the molecule is CC.CC.CC=O.CCCc1ccc(CCCC/C=C/C(=O)c2ccc(N)cc2)cc1. The van der Waals surface area contributed by atoms with Gasteiger partial charge in [-0.25, -0.2) is 0 Å². The molecule has 0 unspecified atom stereocenters. The second-order valence-electron chi connectivity index (χ2n) is 6.44. The maximum Gasteiger partial charge on any atom is 0.185 e. The number of carbonyl (C=O) groups excluding carboxylic acids is 2. The number of nitrogens with two attached hydrogens (primary N) is 1. The number of rotatable bonds is 9. The minimum atomic E-state index is 0.0431. The van der Waals surface area contributed by atoms with Gasteiger partial charge >= 0.3 is 0 Å². The van der Waals surface area contributed by atoms with Gasteiger partial charge in [0.25, 0.3) is 0 Å². The molecule has 0 radical (unpaired) electrons. The first kappa shape index (κ1) is 30.5. The van der Waals surface area contributed by atoms with Gasteiger partial charge in [0, 0.05) is 11.3 Å². The van der Waals surface area contributed by atoms with Crippen LogP contribution < -0.4 is 5.73 Å². The van der Waals surface area contributed by atoms with Gasteiger partial charge < -0.3 is 10.5 Å². The predicted molar refractivity (Wildman–Crippen MR) is 137 cm³/mol. The van der Waals surface area contributed by atoms with Crippen molar-refractivity contribution < 1.29 is 9.59 Å². The predicted octanol–water partition coefficient (Wildman–Crippen LogP) is 7.63. The van der Waals surface area contributed by atoms with Crippen LogP contribution in [0.4, 0.5) is 5.69 Å². The first-order valence-electron chi connectivity index (χ1n) is 11.6. The van der Waals surface area contributed by atoms with Crippen molar-refractivity contribution >= 4 is 17.8 Å². The average molecular weight is 426 g/mol. The third-order valence-electron chi connectivity index (χ3n) is 4.11. The monoisotopic (exact) mass is 425 g/mol. The van der Waals surface area contributed by atoms with Crippen molar-refractivity contribution in [3.63, 3.8) is 0 Å². The molecular formula is C28H43NO2. The van der Waals surface area contributed by atoms with E-state index in [9.17, 15) is 4.79 Å². The summed E-state index contributed by atoms with van der Waals surface area (Å²) < 4.78 is 0. The Morgan fingerprint density at radius 3 is 1.81 bits per heavy atom. The van der Waals surface area contributed by atoms with E-state index in [0.29, 0.717) is 11.3 Å². The van der Waals surface area contributed by atoms with Gasteiger partial charge in [-0.15, -0.1) is 0 Å². The lowest BCUT2D eigenvalue weighted by molar-refractivity contribution is -0.106. The topological polar surface area (TPSA) is 60.2 Å². The van der Waals surface area contributed by atoms with Crippen molar-refractivity contribution in [3.8, 4) is 0 Å². The zero-order valence-corrected chi connectivity index (χ0v) is 20.5. The maximum atomic E-state index is 12.0. The third-order valence-corrected chi connectivity index (χ3v) is 4.11. The summed E-state index contributed by atoms with van der Waals surface area (Å²) in [5.74, 6) is 0.0431. The average Bonchev–Trinajstić information content (AvgIpc) is 2.81. The van der Waals surface area contributed by atoms with E-state index in [1.807, 2.05) is 33.8 Å². The highest BCUT2D eigenvalue weighted by atomic mass is 16.1. The first-order chi connectivity index (χ1) is 15.1. The minimum Gasteiger partial charge on any atom is -0.399 e. The van der Waals surface area contributed by atoms with Crippen molar-refractivity contribution in [3.05, 3.63) is 77.4 Å². The van der Waals surface area contributed by atoms with Gasteiger partial charge in [0.2, 0.25) is 0 Å². The smallest absolute Gasteiger partial charge is 0.185 e. The fraction of sp³-hybridized carbons (Fsp3) is 0.429. The molecule has 0 spiro atoms. The largest absolute Gasteiger partial charge is 0.399 e. The molecule has 0 saturated carbocycles. The van der Waals surface area contributed by atoms with E-state index in [1.54, 1.807) is 30.3 Å². The molecule has 2 aromatic rings. The summed E-state index contributed by atoms with van der Waals surface area (Å²) in [6, 6.07) is 16.0. The van der Waals surface area contributed by atoms with Crippen LogP contribution in [0.3, 0.4) is 0 Å². The number of ketones is 1. The zero-order chi connectivity index (χ0) is 23.9. The van der Waals surface area contributed by atoms with Crippen molar-refractivity contribution in [2.45, 2.75) is 80.1 Å². The Morgan fingerprint density at radius 1 is 0.839 bits per heavy atom. The van der Waals surface area contributed by atoms with Crippen molar-refractivity contribution in [1.29, 1.82) is 0 Å². The number of carbonyl (C=O) groups is 2. The van der Waals surface area contributed by atoms with Crippen LogP contribution in [0.5, 0.6) is 0 Å². The van der Waals surface area contributed by atoms with Crippen LogP contribution in [0.1, 0.15) is 88.7 Å². The zero-order valence-electron chi connectivity index (χ0n) is 20.5. The Balaban J connectivity index is 0. The first-order valence-corrected chi connectivity index (χ1v) is 11.6. The highest BCUT2D eigenvalue weighted by Crippen LogP contribution is 2.11. The highest BCUT2D eigenvalue weighted by molar-refractivity contribution is 6.04. The molecule has 2 rings (SSSR count). The molecule has 3 nitrogen and oxygen atoms in total. The van der Waals surface area contributed by atoms with Crippen LogP contribution >= 0.6 is 0 Å². The molecule has 0 amide bonds. The molecule has 0 aliphatic rings. The molecule has 0 aromatic heterocycles. The fourth-order valence-corrected chi connectivity index (χ4v) is 2.69. The Kier molecular flexibility index (Phi) is 21.7. The van der Waals surface area contributed by atoms with Gasteiger partial charge in [0.1, 0.15) is 6.29 Å². The summed E-state index contributed by atoms with van der Waals surface area (Å²) in [6.45, 7) is 11.7. The van der Waals surface area contributed by atoms with Crippen molar-refractivity contribution in [2.24, 2.45) is 0 Å². The van der Waals surface area contributed by atoms with E-state index >= 15 is 0 Å². The summed E-state index contributed by atoms with van der Waals surface area (Å²) in [7, 11) is 0. The van der Waals surface area contributed by atoms with Crippen molar-refractivity contribution in [2.75, 3.05) is 5.73 Å². The van der Waals surface area contributed by atoms with E-state index in [4.69, 9.17) is 10.5 Å². The molecule has 0 aliphatic carbocycles. The van der Waals surface area contributed by atoms with Gasteiger partial charge in [0.15, 0.2) is 5.78 Å². The fourth-order valence-electron chi connectivity index (χ4n) is 2.69. The molecule has 0 saturated heterocycles. The molecule has 0 fully saturated rings. The molecule has 172 valence electrons. The van der Waals surface area contributed by atoms with E-state index in [-0.39, 0.29) is 5.78 Å². The molecule has 3 heteroatoms. The van der Waals surface area contributed by atoms with Crippen LogP contribution in [0.2, 0.25) is 0 Å². The van der Waals surface area contributed by atoms with Gasteiger partial charge in [-0.3, -0.25) is 4.79 Å². The van der Waals surface area contributed by atoms with Gasteiger partial charge in [-0.05, 0) is 80.5 Å². The summed E-state index contributed by atoms with van der Waals surface area (Å²) in [5, 5.41) is 0. The van der Waals surface area contributed by atoms with Crippen LogP contribution in [0.25, 0.3) is 0 Å². The van der Waals surface area contributed by atoms with E-state index in [1.165, 1.54) is 24.5 Å². The number of allylic oxidation sites excluding steroid dienone is 2. The van der Waals surface area contributed by atoms with Crippen LogP contribution in [0.15, 0.2) is 60.7 Å². The van der Waals surface area contributed by atoms with Crippen LogP contribution in [-0.2, 0) is 17.6 Å². The molecule has 2 N–H and O–H groups in total. The summed E-state index contributed by atoms with van der Waals surface area (Å²) >= 11 is 0. The Morgan fingerprint density at radius 2 is 1.32 bits per heavy atom. The van der Waals surface area contributed by atoms with Crippen LogP contribution in [-0.4, -0.2) is 12.1 Å². The highest BCUT2D eigenvalue weighted by Gasteiger charge is 2.00. The number of hydrogen-bond donors (Lipinski definition) is 1. The number of anilines is 1. The maximum absolute atomic E-state index is 12.0. The minimum absolute atomic E-state index is 0.0431. The Labute approximate surface area is 190 Å². The molecule has 0 atom stereocenters. The second-order valence-corrected chi connectivity index (χ2v) is 6.44. The molecule has 0 aliphatic heterocycles. The molecule has 2 aromatic carbocycles. The molecule has 0 bridgehead atoms. The Hall–Kier alpha value is -2.68. The summed E-state index contributed by atoms with van der Waals surface area (Å²) in [4.78, 5) is 20.8. The number of nitrogen functional groups attached to an aromatic ring is 1. The van der Waals surface area contributed by atoms with Gasteiger partial charge in [0.05, 0.1) is 0 Å². The van der Waals surface area contributed by atoms with Gasteiger partial charge in [-0.2, -0.15) is 0 Å². The molecule has 31 heavy (non-hydrogen) atoms. The quantitative estimate of drug-likeness (QED) is 0.148. The Bertz CT molecular complexity index is 701. The number of hydrogen-bond acceptors (Lipinski definition) is 3. The number of aldehydes is 1. The van der Waals surface area contributed by atoms with E-state index in [0.717, 1.165) is 38.4 Å². The summed E-state index contributed by atoms with van der Waals surface area (Å²) in [6.07, 6.45) is 11.0. The third kappa shape index (κ3) is 15.8. The van der Waals surface area contributed by atoms with E-state index < -0.39 is 0 Å². The molecular weight excluding hydrogens is 382 g/mol. The van der Waals surface area contributed by atoms with Gasteiger partial charge in [-0.1, -0.05) is 71.4 Å². The lowest BCUT2D eigenvalue weighted by Crippen LogP contribution is -1.94. The second kappa shape index (κ2) is 22.0. The van der Waals surface area contributed by atoms with Crippen LogP contribution in [0, 0.1) is 0 Å². The number of aryl methyl sites for hydroxylation is 2. The number of benzene rings is 2. The molecule has 0 heterocycles.